The van der Waals surface area contributed by atoms with E-state index < -0.39 is 0 Å². The number of anilines is 1. The number of rotatable bonds is 2. The van der Waals surface area contributed by atoms with Crippen LogP contribution in [0.3, 0.4) is 0 Å². The Kier molecular flexibility index (Phi) is 4.37. The molecule has 0 N–H and O–H groups in total. The summed E-state index contributed by atoms with van der Waals surface area (Å²) in [4.78, 5) is 38.4. The third-order valence-corrected chi connectivity index (χ3v) is 6.40. The van der Waals surface area contributed by atoms with Crippen LogP contribution in [0.15, 0.2) is 41.5 Å². The molecule has 0 unspecified atom stereocenters. The lowest BCUT2D eigenvalue weighted by Gasteiger charge is -2.44. The second-order valence-electron chi connectivity index (χ2n) is 8.28. The van der Waals surface area contributed by atoms with Crippen molar-refractivity contribution in [2.75, 3.05) is 31.1 Å². The van der Waals surface area contributed by atoms with Gasteiger partial charge in [-0.2, -0.15) is 0 Å². The molecule has 2 aromatic heterocycles. The SMILES string of the molecule is O=C([C@H]1CCCN(c2ncccn2)C1)N1C[C@H]2C[C@@H](C1)c1cccc(=O)n1C2. The van der Waals surface area contributed by atoms with Gasteiger partial charge in [0.1, 0.15) is 0 Å². The summed E-state index contributed by atoms with van der Waals surface area (Å²) in [6.07, 6.45) is 6.47. The van der Waals surface area contributed by atoms with Crippen molar-refractivity contribution in [3.63, 3.8) is 0 Å². The van der Waals surface area contributed by atoms with Crippen molar-refractivity contribution < 1.29 is 4.79 Å². The fraction of sp³-hybridized carbons (Fsp3) is 0.524. The van der Waals surface area contributed by atoms with Crippen LogP contribution < -0.4 is 10.5 Å². The molecule has 0 radical (unpaired) electrons. The molecular formula is C21H25N5O2. The monoisotopic (exact) mass is 379 g/mol. The number of aromatic nitrogens is 3. The molecule has 2 bridgehead atoms. The standard InChI is InChI=1S/C21H25N5O2/c27-19-6-1-5-18-17-10-15(12-26(18)19)11-25(14-17)20(28)16-4-2-9-24(13-16)21-22-7-3-8-23-21/h1,3,5-8,15-17H,2,4,9-14H2/t15-,16+,17+/m1/s1. The first-order valence-electron chi connectivity index (χ1n) is 10.2. The highest BCUT2D eigenvalue weighted by Crippen LogP contribution is 2.36. The van der Waals surface area contributed by atoms with Gasteiger partial charge in [-0.1, -0.05) is 6.07 Å². The van der Waals surface area contributed by atoms with Crippen LogP contribution >= 0.6 is 0 Å². The third-order valence-electron chi connectivity index (χ3n) is 6.40. The first kappa shape index (κ1) is 17.4. The number of carbonyl (C=O) groups is 1. The fourth-order valence-corrected chi connectivity index (χ4v) is 5.15. The number of carbonyl (C=O) groups excluding carboxylic acids is 1. The molecule has 7 heteroatoms. The summed E-state index contributed by atoms with van der Waals surface area (Å²) in [6, 6.07) is 7.33. The molecule has 3 aliphatic heterocycles. The van der Waals surface area contributed by atoms with Crippen LogP contribution in [0, 0.1) is 11.8 Å². The average Bonchev–Trinajstić information content (AvgIpc) is 2.75. The van der Waals surface area contributed by atoms with Crippen molar-refractivity contribution in [1.82, 2.24) is 19.4 Å². The van der Waals surface area contributed by atoms with Gasteiger partial charge in [-0.25, -0.2) is 9.97 Å². The highest BCUT2D eigenvalue weighted by Gasteiger charge is 2.39. The fourth-order valence-electron chi connectivity index (χ4n) is 5.15. The van der Waals surface area contributed by atoms with Crippen LogP contribution in [0.25, 0.3) is 0 Å². The smallest absolute Gasteiger partial charge is 0.250 e. The van der Waals surface area contributed by atoms with Gasteiger partial charge in [0.25, 0.3) is 5.56 Å². The summed E-state index contributed by atoms with van der Waals surface area (Å²) in [6.45, 7) is 3.79. The Hall–Kier alpha value is -2.70. The molecule has 3 aliphatic rings. The predicted molar refractivity (Wildman–Crippen MR) is 105 cm³/mol. The molecule has 2 aromatic rings. The van der Waals surface area contributed by atoms with Gasteiger partial charge in [0.2, 0.25) is 11.9 Å². The van der Waals surface area contributed by atoms with E-state index in [4.69, 9.17) is 0 Å². The zero-order chi connectivity index (χ0) is 19.1. The molecule has 3 atom stereocenters. The summed E-state index contributed by atoms with van der Waals surface area (Å²) in [5.74, 6) is 1.59. The van der Waals surface area contributed by atoms with Gasteiger partial charge in [0.05, 0.1) is 5.92 Å². The Labute approximate surface area is 164 Å². The van der Waals surface area contributed by atoms with Crippen molar-refractivity contribution in [3.8, 4) is 0 Å². The van der Waals surface area contributed by atoms with Crippen LogP contribution in [-0.2, 0) is 11.3 Å². The number of hydrogen-bond acceptors (Lipinski definition) is 5. The van der Waals surface area contributed by atoms with Gasteiger partial charge in [-0.05, 0) is 37.3 Å². The maximum absolute atomic E-state index is 13.3. The summed E-state index contributed by atoms with van der Waals surface area (Å²) < 4.78 is 1.91. The number of piperidine rings is 2. The predicted octanol–water partition coefficient (Wildman–Crippen LogP) is 1.50. The van der Waals surface area contributed by atoms with E-state index in [1.807, 2.05) is 22.8 Å². The van der Waals surface area contributed by atoms with Gasteiger partial charge in [-0.15, -0.1) is 0 Å². The van der Waals surface area contributed by atoms with Crippen LogP contribution in [0.5, 0.6) is 0 Å². The van der Waals surface area contributed by atoms with Crippen LogP contribution in [0.2, 0.25) is 0 Å². The van der Waals surface area contributed by atoms with E-state index in [2.05, 4.69) is 19.8 Å². The van der Waals surface area contributed by atoms with Gasteiger partial charge >= 0.3 is 0 Å². The molecule has 5 rings (SSSR count). The van der Waals surface area contributed by atoms with Crippen LogP contribution in [0.1, 0.15) is 30.9 Å². The molecule has 146 valence electrons. The first-order chi connectivity index (χ1) is 13.7. The van der Waals surface area contributed by atoms with Gasteiger partial charge < -0.3 is 14.4 Å². The molecule has 2 saturated heterocycles. The zero-order valence-electron chi connectivity index (χ0n) is 15.9. The van der Waals surface area contributed by atoms with E-state index >= 15 is 0 Å². The van der Waals surface area contributed by atoms with E-state index in [0.29, 0.717) is 18.4 Å². The molecule has 0 spiro atoms. The summed E-state index contributed by atoms with van der Waals surface area (Å²) in [5, 5.41) is 0. The third kappa shape index (κ3) is 3.08. The van der Waals surface area contributed by atoms with Gasteiger partial charge in [-0.3, -0.25) is 9.59 Å². The van der Waals surface area contributed by atoms with Crippen LogP contribution in [0.4, 0.5) is 5.95 Å². The van der Waals surface area contributed by atoms with E-state index in [1.165, 1.54) is 0 Å². The van der Waals surface area contributed by atoms with E-state index in [0.717, 1.165) is 51.1 Å². The Morgan fingerprint density at radius 3 is 2.75 bits per heavy atom. The van der Waals surface area contributed by atoms with Gasteiger partial charge in [0.15, 0.2) is 0 Å². The molecule has 28 heavy (non-hydrogen) atoms. The molecular weight excluding hydrogens is 354 g/mol. The highest BCUT2D eigenvalue weighted by molar-refractivity contribution is 5.80. The number of pyridine rings is 1. The van der Waals surface area contributed by atoms with Crippen molar-refractivity contribution in [3.05, 3.63) is 52.7 Å². The minimum Gasteiger partial charge on any atom is -0.341 e. The molecule has 5 heterocycles. The number of nitrogens with zero attached hydrogens (tertiary/aromatic N) is 5. The number of hydrogen-bond donors (Lipinski definition) is 0. The number of fused-ring (bicyclic) bond motifs is 4. The van der Waals surface area contributed by atoms with Crippen LogP contribution in [-0.4, -0.2) is 51.5 Å². The average molecular weight is 379 g/mol. The zero-order valence-corrected chi connectivity index (χ0v) is 15.9. The van der Waals surface area contributed by atoms with Crippen molar-refractivity contribution in [2.45, 2.75) is 31.7 Å². The molecule has 0 saturated carbocycles. The molecule has 0 aliphatic carbocycles. The Balaban J connectivity index is 1.32. The summed E-state index contributed by atoms with van der Waals surface area (Å²) in [5.41, 5.74) is 1.17. The minimum atomic E-state index is -0.00523. The molecule has 2 fully saturated rings. The first-order valence-corrected chi connectivity index (χ1v) is 10.2. The second kappa shape index (κ2) is 7.04. The van der Waals surface area contributed by atoms with Crippen molar-refractivity contribution in [2.24, 2.45) is 11.8 Å². The topological polar surface area (TPSA) is 71.3 Å². The lowest BCUT2D eigenvalue weighted by molar-refractivity contribution is -0.138. The Morgan fingerprint density at radius 1 is 1.04 bits per heavy atom. The van der Waals surface area contributed by atoms with Crippen molar-refractivity contribution in [1.29, 1.82) is 0 Å². The summed E-state index contributed by atoms with van der Waals surface area (Å²) in [7, 11) is 0. The van der Waals surface area contributed by atoms with Gasteiger partial charge in [0, 0.05) is 62.8 Å². The van der Waals surface area contributed by atoms with E-state index in [1.54, 1.807) is 18.5 Å². The van der Waals surface area contributed by atoms with E-state index in [9.17, 15) is 9.59 Å². The molecule has 1 amide bonds. The highest BCUT2D eigenvalue weighted by atomic mass is 16.2. The Bertz CT molecular complexity index is 928. The summed E-state index contributed by atoms with van der Waals surface area (Å²) >= 11 is 0. The minimum absolute atomic E-state index is 0.00523. The quantitative estimate of drug-likeness (QED) is 0.791. The van der Waals surface area contributed by atoms with E-state index in [-0.39, 0.29) is 23.3 Å². The molecule has 7 nitrogen and oxygen atoms in total. The number of likely N-dealkylation sites (tertiary alicyclic amines) is 1. The lowest BCUT2D eigenvalue weighted by Crippen LogP contribution is -2.52. The number of amides is 1. The normalized spacial score (nSPS) is 26.6. The largest absolute Gasteiger partial charge is 0.341 e. The maximum atomic E-state index is 13.3. The molecule has 0 aromatic carbocycles. The maximum Gasteiger partial charge on any atom is 0.250 e. The second-order valence-corrected chi connectivity index (χ2v) is 8.28. The van der Waals surface area contributed by atoms with Crippen molar-refractivity contribution >= 4 is 11.9 Å². The Morgan fingerprint density at radius 2 is 1.89 bits per heavy atom. The lowest BCUT2D eigenvalue weighted by atomic mass is 9.82.